The van der Waals surface area contributed by atoms with E-state index in [1.54, 1.807) is 0 Å². The van der Waals surface area contributed by atoms with Gasteiger partial charge in [-0.1, -0.05) is 33.3 Å². The topological polar surface area (TPSA) is 18.5 Å². The fourth-order valence-corrected chi connectivity index (χ4v) is 2.57. The van der Waals surface area contributed by atoms with Crippen molar-refractivity contribution in [3.63, 3.8) is 0 Å². The van der Waals surface area contributed by atoms with Gasteiger partial charge in [0.25, 0.3) is 0 Å². The van der Waals surface area contributed by atoms with E-state index in [0.29, 0.717) is 0 Å². The third-order valence-electron chi connectivity index (χ3n) is 2.78. The van der Waals surface area contributed by atoms with Crippen LogP contribution in [-0.2, 0) is 9.47 Å². The van der Waals surface area contributed by atoms with Gasteiger partial charge in [-0.25, -0.2) is 0 Å². The maximum atomic E-state index is 5.94. The second-order valence-corrected chi connectivity index (χ2v) is 5.00. The summed E-state index contributed by atoms with van der Waals surface area (Å²) in [4.78, 5) is 0. The predicted octanol–water partition coefficient (Wildman–Crippen LogP) is 2.68. The molecule has 0 aliphatic heterocycles. The number of unbranched alkanes of at least 4 members (excludes halogenated alkanes) is 2. The van der Waals surface area contributed by atoms with Gasteiger partial charge in [-0.2, -0.15) is 0 Å². The molecule has 0 rings (SSSR count). The van der Waals surface area contributed by atoms with Crippen molar-refractivity contribution in [2.75, 3.05) is 13.2 Å². The van der Waals surface area contributed by atoms with Crippen molar-refractivity contribution < 1.29 is 9.47 Å². The monoisotopic (exact) mass is 244 g/mol. The van der Waals surface area contributed by atoms with Crippen LogP contribution < -0.4 is 0 Å². The minimum absolute atomic E-state index is 0.490. The Labute approximate surface area is 104 Å². The molecule has 0 radical (unpaired) electrons. The summed E-state index contributed by atoms with van der Waals surface area (Å²) >= 11 is 0. The Balaban J connectivity index is 4.27. The molecule has 0 N–H and O–H groups in total. The molecule has 0 aromatic rings. The number of hydrogen-bond acceptors (Lipinski definition) is 2. The highest BCUT2D eigenvalue weighted by Crippen LogP contribution is 2.26. The number of hydrogen-bond donors (Lipinski definition) is 0. The molecular formula is C13H28O2Si. The van der Waals surface area contributed by atoms with Crippen LogP contribution in [0.5, 0.6) is 0 Å². The lowest BCUT2D eigenvalue weighted by Crippen LogP contribution is -2.37. The molecule has 96 valence electrons. The molecule has 0 amide bonds. The van der Waals surface area contributed by atoms with Crippen LogP contribution in [-0.4, -0.2) is 29.2 Å². The van der Waals surface area contributed by atoms with Gasteiger partial charge in [0.05, 0.1) is 13.2 Å². The first-order valence-electron chi connectivity index (χ1n) is 6.56. The third kappa shape index (κ3) is 5.28. The van der Waals surface area contributed by atoms with Gasteiger partial charge in [0.1, 0.15) is 0 Å². The standard InChI is InChI=1S/C13H28O2Si/c1-5-7-9-14-13(11-16,12(3)4)15-10-8-6-2/h3,5-11H2,1-2,4,16H3. The van der Waals surface area contributed by atoms with E-state index in [2.05, 4.69) is 20.4 Å². The highest BCUT2D eigenvalue weighted by atomic mass is 28.1. The number of rotatable bonds is 10. The van der Waals surface area contributed by atoms with Crippen molar-refractivity contribution >= 4 is 10.2 Å². The van der Waals surface area contributed by atoms with Gasteiger partial charge in [-0.3, -0.25) is 0 Å². The zero-order valence-electron chi connectivity index (χ0n) is 11.5. The van der Waals surface area contributed by atoms with E-state index in [0.717, 1.165) is 60.8 Å². The fraction of sp³-hybridized carbons (Fsp3) is 0.846. The quantitative estimate of drug-likeness (QED) is 0.255. The van der Waals surface area contributed by atoms with Crippen molar-refractivity contribution in [1.29, 1.82) is 0 Å². The summed E-state index contributed by atoms with van der Waals surface area (Å²) in [5.74, 6) is -0.490. The van der Waals surface area contributed by atoms with E-state index in [9.17, 15) is 0 Å². The molecule has 0 aromatic carbocycles. The molecule has 0 bridgehead atoms. The lowest BCUT2D eigenvalue weighted by molar-refractivity contribution is -0.199. The van der Waals surface area contributed by atoms with Crippen LogP contribution in [0.25, 0.3) is 0 Å². The first-order chi connectivity index (χ1) is 7.63. The van der Waals surface area contributed by atoms with E-state index >= 15 is 0 Å². The van der Waals surface area contributed by atoms with E-state index in [4.69, 9.17) is 9.47 Å². The van der Waals surface area contributed by atoms with E-state index < -0.39 is 5.79 Å². The molecule has 2 nitrogen and oxygen atoms in total. The predicted molar refractivity (Wildman–Crippen MR) is 74.0 cm³/mol. The van der Waals surface area contributed by atoms with Crippen LogP contribution in [0.1, 0.15) is 46.5 Å². The Morgan fingerprint density at radius 1 is 1.12 bits per heavy atom. The second kappa shape index (κ2) is 8.96. The Morgan fingerprint density at radius 3 is 1.81 bits per heavy atom. The van der Waals surface area contributed by atoms with Crippen molar-refractivity contribution in [2.24, 2.45) is 0 Å². The molecule has 16 heavy (non-hydrogen) atoms. The van der Waals surface area contributed by atoms with Crippen LogP contribution in [0.2, 0.25) is 6.04 Å². The summed E-state index contributed by atoms with van der Waals surface area (Å²) in [7, 11) is 1.07. The van der Waals surface area contributed by atoms with Gasteiger partial charge in [0.15, 0.2) is 5.79 Å². The normalized spacial score (nSPS) is 11.9. The molecule has 0 unspecified atom stereocenters. The highest BCUT2D eigenvalue weighted by molar-refractivity contribution is 6.09. The summed E-state index contributed by atoms with van der Waals surface area (Å²) < 4.78 is 11.9. The second-order valence-electron chi connectivity index (χ2n) is 4.29. The summed E-state index contributed by atoms with van der Waals surface area (Å²) in [6, 6.07) is 0.968. The Kier molecular flexibility index (Phi) is 8.90. The van der Waals surface area contributed by atoms with Crippen molar-refractivity contribution in [3.8, 4) is 0 Å². The molecule has 0 atom stereocenters. The number of ether oxygens (including phenoxy) is 2. The lowest BCUT2D eigenvalue weighted by Gasteiger charge is -2.33. The molecule has 0 fully saturated rings. The molecule has 0 aliphatic carbocycles. The minimum Gasteiger partial charge on any atom is -0.346 e. The van der Waals surface area contributed by atoms with Gasteiger partial charge >= 0.3 is 0 Å². The van der Waals surface area contributed by atoms with Gasteiger partial charge < -0.3 is 9.47 Å². The fourth-order valence-electron chi connectivity index (χ4n) is 1.56. The van der Waals surface area contributed by atoms with Crippen LogP contribution in [0.4, 0.5) is 0 Å². The summed E-state index contributed by atoms with van der Waals surface area (Å²) in [5, 5.41) is 0. The summed E-state index contributed by atoms with van der Waals surface area (Å²) in [6.45, 7) is 11.9. The molecule has 3 heteroatoms. The smallest absolute Gasteiger partial charge is 0.186 e. The zero-order chi connectivity index (χ0) is 12.4. The maximum absolute atomic E-state index is 5.94. The largest absolute Gasteiger partial charge is 0.346 e. The Morgan fingerprint density at radius 2 is 1.56 bits per heavy atom. The van der Waals surface area contributed by atoms with Crippen molar-refractivity contribution in [3.05, 3.63) is 12.2 Å². The third-order valence-corrected chi connectivity index (χ3v) is 3.71. The molecule has 0 spiro atoms. The molecule has 0 aliphatic rings. The van der Waals surface area contributed by atoms with E-state index in [1.165, 1.54) is 0 Å². The summed E-state index contributed by atoms with van der Waals surface area (Å²) in [6.07, 6.45) is 4.49. The molecule has 0 aromatic heterocycles. The molecule has 0 saturated carbocycles. The Hall–Kier alpha value is -0.123. The summed E-state index contributed by atoms with van der Waals surface area (Å²) in [5.41, 5.74) is 1.01. The van der Waals surface area contributed by atoms with Crippen LogP contribution in [0.3, 0.4) is 0 Å². The molecule has 0 saturated heterocycles. The van der Waals surface area contributed by atoms with Crippen molar-refractivity contribution in [1.82, 2.24) is 0 Å². The first kappa shape index (κ1) is 15.9. The molecular weight excluding hydrogens is 216 g/mol. The average Bonchev–Trinajstić information content (AvgIpc) is 2.27. The van der Waals surface area contributed by atoms with Crippen LogP contribution >= 0.6 is 0 Å². The van der Waals surface area contributed by atoms with E-state index in [-0.39, 0.29) is 0 Å². The first-order valence-corrected chi connectivity index (χ1v) is 7.98. The van der Waals surface area contributed by atoms with Crippen molar-refractivity contribution in [2.45, 2.75) is 58.3 Å². The van der Waals surface area contributed by atoms with Gasteiger partial charge in [-0.15, -0.1) is 0 Å². The van der Waals surface area contributed by atoms with Gasteiger partial charge in [0.2, 0.25) is 0 Å². The van der Waals surface area contributed by atoms with E-state index in [1.807, 2.05) is 6.92 Å². The van der Waals surface area contributed by atoms with Crippen LogP contribution in [0, 0.1) is 0 Å². The zero-order valence-corrected chi connectivity index (χ0v) is 13.5. The van der Waals surface area contributed by atoms with Gasteiger partial charge in [-0.05, 0) is 31.4 Å². The van der Waals surface area contributed by atoms with Crippen LogP contribution in [0.15, 0.2) is 12.2 Å². The Bertz CT molecular complexity index is 182. The van der Waals surface area contributed by atoms with Gasteiger partial charge in [0, 0.05) is 10.2 Å². The maximum Gasteiger partial charge on any atom is 0.186 e. The SMILES string of the molecule is C=C(C)C(C[SiH3])(OCCCC)OCCCC. The minimum atomic E-state index is -0.490. The highest BCUT2D eigenvalue weighted by Gasteiger charge is 2.30. The lowest BCUT2D eigenvalue weighted by atomic mass is 10.1. The average molecular weight is 244 g/mol. The molecule has 0 heterocycles.